The van der Waals surface area contributed by atoms with Gasteiger partial charge in [-0.3, -0.25) is 4.40 Å². The van der Waals surface area contributed by atoms with Gasteiger partial charge in [0, 0.05) is 6.20 Å². The molecule has 2 aromatic heterocycles. The van der Waals surface area contributed by atoms with Gasteiger partial charge in [-0.05, 0) is 18.2 Å². The monoisotopic (exact) mass is 325 g/mol. The molecule has 0 atom stereocenters. The fourth-order valence-corrected chi connectivity index (χ4v) is 2.35. The van der Waals surface area contributed by atoms with E-state index in [4.69, 9.17) is 28.3 Å². The molecule has 0 saturated carbocycles. The second kappa shape index (κ2) is 4.98. The number of pyridine rings is 1. The Bertz CT molecular complexity index is 879. The number of fused-ring (bicyclic) bond motifs is 1. The van der Waals surface area contributed by atoms with Gasteiger partial charge in [0.05, 0.1) is 21.2 Å². The summed E-state index contributed by atoms with van der Waals surface area (Å²) in [4.78, 5) is 11.1. The number of halogens is 3. The highest BCUT2D eigenvalue weighted by Gasteiger charge is 2.18. The van der Waals surface area contributed by atoms with Gasteiger partial charge in [-0.25, -0.2) is 9.18 Å². The summed E-state index contributed by atoms with van der Waals surface area (Å²) in [5.41, 5.74) is 0.278. The smallest absolute Gasteiger partial charge is 0.337 e. The Balaban J connectivity index is 2.33. The van der Waals surface area contributed by atoms with Gasteiger partial charge >= 0.3 is 5.97 Å². The molecule has 0 aliphatic rings. The number of hydrogen-bond donors (Lipinski definition) is 1. The van der Waals surface area contributed by atoms with E-state index in [2.05, 4.69) is 10.2 Å². The van der Waals surface area contributed by atoms with E-state index < -0.39 is 11.8 Å². The molecule has 0 fully saturated rings. The van der Waals surface area contributed by atoms with Crippen LogP contribution in [-0.4, -0.2) is 25.7 Å². The second-order valence-corrected chi connectivity index (χ2v) is 5.01. The van der Waals surface area contributed by atoms with Gasteiger partial charge in [0.1, 0.15) is 0 Å². The number of rotatable bonds is 2. The number of aromatic carboxylic acids is 1. The van der Waals surface area contributed by atoms with Crippen LogP contribution in [0.3, 0.4) is 0 Å². The van der Waals surface area contributed by atoms with Crippen molar-refractivity contribution in [3.05, 3.63) is 51.9 Å². The van der Waals surface area contributed by atoms with Crippen molar-refractivity contribution < 1.29 is 14.3 Å². The SMILES string of the molecule is O=C(O)c1cc(Cl)c2nnc(-c3cccc(Cl)c3F)n2c1. The molecule has 106 valence electrons. The van der Waals surface area contributed by atoms with Crippen LogP contribution >= 0.6 is 23.2 Å². The summed E-state index contributed by atoms with van der Waals surface area (Å²) in [6, 6.07) is 5.69. The van der Waals surface area contributed by atoms with Crippen LogP contribution in [-0.2, 0) is 0 Å². The lowest BCUT2D eigenvalue weighted by molar-refractivity contribution is 0.0696. The van der Waals surface area contributed by atoms with Crippen molar-refractivity contribution in [1.29, 1.82) is 0 Å². The van der Waals surface area contributed by atoms with Gasteiger partial charge < -0.3 is 5.11 Å². The average molecular weight is 326 g/mol. The molecule has 0 aliphatic heterocycles. The fourth-order valence-electron chi connectivity index (χ4n) is 1.93. The quantitative estimate of drug-likeness (QED) is 0.782. The van der Waals surface area contributed by atoms with E-state index in [1.807, 2.05) is 0 Å². The number of benzene rings is 1. The number of carbonyl (C=O) groups is 1. The lowest BCUT2D eigenvalue weighted by Crippen LogP contribution is -2.01. The van der Waals surface area contributed by atoms with Crippen LogP contribution in [0.5, 0.6) is 0 Å². The summed E-state index contributed by atoms with van der Waals surface area (Å²) in [5, 5.41) is 16.8. The summed E-state index contributed by atoms with van der Waals surface area (Å²) in [6.45, 7) is 0. The van der Waals surface area contributed by atoms with Crippen molar-refractivity contribution in [3.8, 4) is 11.4 Å². The van der Waals surface area contributed by atoms with Crippen molar-refractivity contribution in [1.82, 2.24) is 14.6 Å². The Morgan fingerprint density at radius 3 is 2.71 bits per heavy atom. The zero-order valence-corrected chi connectivity index (χ0v) is 11.7. The van der Waals surface area contributed by atoms with Crippen molar-refractivity contribution in [2.24, 2.45) is 0 Å². The van der Waals surface area contributed by atoms with Gasteiger partial charge in [0.2, 0.25) is 0 Å². The first kappa shape index (κ1) is 13.8. The first-order chi connectivity index (χ1) is 9.99. The summed E-state index contributed by atoms with van der Waals surface area (Å²) in [5.74, 6) is -1.70. The van der Waals surface area contributed by atoms with E-state index in [1.54, 1.807) is 6.07 Å². The number of hydrogen-bond acceptors (Lipinski definition) is 3. The van der Waals surface area contributed by atoms with Crippen LogP contribution in [0.15, 0.2) is 30.5 Å². The zero-order valence-electron chi connectivity index (χ0n) is 10.2. The summed E-state index contributed by atoms with van der Waals surface area (Å²) in [7, 11) is 0. The van der Waals surface area contributed by atoms with E-state index in [0.717, 1.165) is 0 Å². The Kier molecular flexibility index (Phi) is 3.27. The van der Waals surface area contributed by atoms with Crippen LogP contribution < -0.4 is 0 Å². The first-order valence-electron chi connectivity index (χ1n) is 5.71. The van der Waals surface area contributed by atoms with Gasteiger partial charge in [-0.1, -0.05) is 29.3 Å². The van der Waals surface area contributed by atoms with E-state index in [0.29, 0.717) is 0 Å². The van der Waals surface area contributed by atoms with Crippen molar-refractivity contribution in [2.45, 2.75) is 0 Å². The predicted octanol–water partition coefficient (Wildman–Crippen LogP) is 3.54. The maximum absolute atomic E-state index is 14.1. The highest BCUT2D eigenvalue weighted by molar-refractivity contribution is 6.33. The molecule has 0 bridgehead atoms. The highest BCUT2D eigenvalue weighted by Crippen LogP contribution is 2.28. The molecule has 3 aromatic rings. The second-order valence-electron chi connectivity index (χ2n) is 4.20. The number of nitrogens with zero attached hydrogens (tertiary/aromatic N) is 3. The molecule has 21 heavy (non-hydrogen) atoms. The molecule has 0 radical (unpaired) electrons. The van der Waals surface area contributed by atoms with Gasteiger partial charge in [0.25, 0.3) is 0 Å². The Morgan fingerprint density at radius 2 is 2.00 bits per heavy atom. The Morgan fingerprint density at radius 1 is 1.24 bits per heavy atom. The number of aromatic nitrogens is 3. The summed E-state index contributed by atoms with van der Waals surface area (Å²) >= 11 is 11.7. The Labute approximate surface area is 127 Å². The third-order valence-corrected chi connectivity index (χ3v) is 3.47. The lowest BCUT2D eigenvalue weighted by Gasteiger charge is -2.04. The van der Waals surface area contributed by atoms with Crippen LogP contribution in [0.2, 0.25) is 10.0 Å². The van der Waals surface area contributed by atoms with Crippen molar-refractivity contribution >= 4 is 34.8 Å². The van der Waals surface area contributed by atoms with E-state index in [-0.39, 0.29) is 32.6 Å². The lowest BCUT2D eigenvalue weighted by atomic mass is 10.2. The van der Waals surface area contributed by atoms with Crippen LogP contribution in [0.25, 0.3) is 17.0 Å². The predicted molar refractivity (Wildman–Crippen MR) is 75.4 cm³/mol. The molecular weight excluding hydrogens is 320 g/mol. The maximum Gasteiger partial charge on any atom is 0.337 e. The zero-order chi connectivity index (χ0) is 15.1. The third kappa shape index (κ3) is 2.22. The molecule has 2 heterocycles. The van der Waals surface area contributed by atoms with Crippen LogP contribution in [0, 0.1) is 5.82 Å². The number of carboxylic acid groups (broad SMARTS) is 1. The third-order valence-electron chi connectivity index (χ3n) is 2.90. The topological polar surface area (TPSA) is 67.5 Å². The van der Waals surface area contributed by atoms with Crippen molar-refractivity contribution in [2.75, 3.05) is 0 Å². The Hall–Kier alpha value is -2.18. The molecule has 0 unspecified atom stereocenters. The molecule has 3 rings (SSSR count). The van der Waals surface area contributed by atoms with E-state index >= 15 is 0 Å². The molecule has 1 N–H and O–H groups in total. The van der Waals surface area contributed by atoms with Crippen molar-refractivity contribution in [3.63, 3.8) is 0 Å². The largest absolute Gasteiger partial charge is 0.478 e. The first-order valence-corrected chi connectivity index (χ1v) is 6.46. The van der Waals surface area contributed by atoms with E-state index in [9.17, 15) is 9.18 Å². The molecule has 1 aromatic carbocycles. The van der Waals surface area contributed by atoms with E-state index in [1.165, 1.54) is 28.8 Å². The minimum atomic E-state index is -1.16. The minimum absolute atomic E-state index is 0.0593. The average Bonchev–Trinajstić information content (AvgIpc) is 2.86. The summed E-state index contributed by atoms with van der Waals surface area (Å²) < 4.78 is 15.4. The fraction of sp³-hybridized carbons (Fsp3) is 0. The molecule has 0 spiro atoms. The maximum atomic E-state index is 14.1. The van der Waals surface area contributed by atoms with Gasteiger partial charge in [-0.2, -0.15) is 0 Å². The molecule has 5 nitrogen and oxygen atoms in total. The van der Waals surface area contributed by atoms with Gasteiger partial charge in [0.15, 0.2) is 17.3 Å². The summed E-state index contributed by atoms with van der Waals surface area (Å²) in [6.07, 6.45) is 1.28. The number of carboxylic acids is 1. The molecule has 0 amide bonds. The molecule has 0 aliphatic carbocycles. The molecule has 8 heteroatoms. The standard InChI is InChI=1S/C13H6Cl2FN3O2/c14-8-3-1-2-7(10(8)16)11-17-18-12-9(15)4-6(13(20)21)5-19(11)12/h1-5H,(H,20,21). The molecule has 0 saturated heterocycles. The molecular formula is C13H6Cl2FN3O2. The van der Waals surface area contributed by atoms with Crippen LogP contribution in [0.4, 0.5) is 4.39 Å². The highest BCUT2D eigenvalue weighted by atomic mass is 35.5. The minimum Gasteiger partial charge on any atom is -0.478 e. The van der Waals surface area contributed by atoms with Gasteiger partial charge in [-0.15, -0.1) is 10.2 Å². The normalized spacial score (nSPS) is 11.0. The van der Waals surface area contributed by atoms with Crippen LogP contribution in [0.1, 0.15) is 10.4 Å².